The third-order valence-corrected chi connectivity index (χ3v) is 4.31. The Morgan fingerprint density at radius 1 is 1.44 bits per heavy atom. The van der Waals surface area contributed by atoms with Gasteiger partial charge in [0.25, 0.3) is 11.8 Å². The molecule has 0 spiro atoms. The SMILES string of the molecule is C=CCC(C)(CC)c1ccc(Oc2ncc(C(=O)NO)cc2F)cc1. The lowest BCUT2D eigenvalue weighted by molar-refractivity contribution is 0.0705. The van der Waals surface area contributed by atoms with Gasteiger partial charge in [-0.15, -0.1) is 6.58 Å². The summed E-state index contributed by atoms with van der Waals surface area (Å²) in [6, 6.07) is 8.33. The molecule has 6 heteroatoms. The highest BCUT2D eigenvalue weighted by Gasteiger charge is 2.23. The number of amides is 1. The molecule has 0 saturated carbocycles. The molecule has 132 valence electrons. The van der Waals surface area contributed by atoms with Crippen LogP contribution in [0.2, 0.25) is 0 Å². The fourth-order valence-electron chi connectivity index (χ4n) is 2.51. The van der Waals surface area contributed by atoms with Gasteiger partial charge in [-0.3, -0.25) is 10.0 Å². The molecule has 1 aromatic heterocycles. The highest BCUT2D eigenvalue weighted by molar-refractivity contribution is 5.93. The Bertz CT molecular complexity index is 762. The van der Waals surface area contributed by atoms with E-state index in [-0.39, 0.29) is 16.9 Å². The van der Waals surface area contributed by atoms with E-state index >= 15 is 0 Å². The van der Waals surface area contributed by atoms with Crippen LogP contribution in [0.1, 0.15) is 42.6 Å². The highest BCUT2D eigenvalue weighted by atomic mass is 19.1. The van der Waals surface area contributed by atoms with Crippen molar-refractivity contribution in [3.8, 4) is 11.6 Å². The number of nitrogens with zero attached hydrogens (tertiary/aromatic N) is 1. The number of aromatic nitrogens is 1. The summed E-state index contributed by atoms with van der Waals surface area (Å²) in [5, 5.41) is 8.55. The first-order valence-corrected chi connectivity index (χ1v) is 7.92. The fraction of sp³-hybridized carbons (Fsp3) is 0.263. The van der Waals surface area contributed by atoms with E-state index in [1.807, 2.05) is 18.2 Å². The second kappa shape index (κ2) is 7.90. The number of pyridine rings is 1. The van der Waals surface area contributed by atoms with Crippen LogP contribution in [0.3, 0.4) is 0 Å². The fourth-order valence-corrected chi connectivity index (χ4v) is 2.51. The van der Waals surface area contributed by atoms with Gasteiger partial charge in [0.2, 0.25) is 0 Å². The Hall–Kier alpha value is -2.73. The maximum atomic E-state index is 14.0. The smallest absolute Gasteiger partial charge is 0.276 e. The molecule has 0 bridgehead atoms. The molecule has 25 heavy (non-hydrogen) atoms. The number of allylic oxidation sites excluding steroid dienone is 1. The van der Waals surface area contributed by atoms with E-state index < -0.39 is 11.7 Å². The zero-order chi connectivity index (χ0) is 18.4. The van der Waals surface area contributed by atoms with Gasteiger partial charge in [-0.05, 0) is 42.0 Å². The van der Waals surface area contributed by atoms with Gasteiger partial charge < -0.3 is 4.74 Å². The molecule has 1 atom stereocenters. The van der Waals surface area contributed by atoms with Crippen molar-refractivity contribution in [2.45, 2.75) is 32.1 Å². The van der Waals surface area contributed by atoms with Crippen molar-refractivity contribution in [1.82, 2.24) is 10.5 Å². The minimum absolute atomic E-state index is 0.0108. The molecule has 2 aromatic rings. The van der Waals surface area contributed by atoms with E-state index in [0.29, 0.717) is 5.75 Å². The molecule has 0 aliphatic rings. The second-order valence-electron chi connectivity index (χ2n) is 5.99. The number of carbonyl (C=O) groups is 1. The number of rotatable bonds is 7. The standard InChI is InChI=1S/C19H21FN2O3/c1-4-10-19(3,5-2)14-6-8-15(9-7-14)25-18-16(20)11-13(12-21-18)17(23)22-24/h4,6-9,11-12,24H,1,5,10H2,2-3H3,(H,22,23). The van der Waals surface area contributed by atoms with Crippen LogP contribution in [0.15, 0.2) is 49.2 Å². The molecule has 2 rings (SSSR count). The van der Waals surface area contributed by atoms with Gasteiger partial charge in [0, 0.05) is 6.20 Å². The van der Waals surface area contributed by atoms with Gasteiger partial charge in [-0.2, -0.15) is 0 Å². The van der Waals surface area contributed by atoms with Crippen LogP contribution < -0.4 is 10.2 Å². The molecule has 0 aliphatic heterocycles. The highest BCUT2D eigenvalue weighted by Crippen LogP contribution is 2.33. The van der Waals surface area contributed by atoms with Crippen molar-refractivity contribution in [1.29, 1.82) is 0 Å². The summed E-state index contributed by atoms with van der Waals surface area (Å²) in [7, 11) is 0. The summed E-state index contributed by atoms with van der Waals surface area (Å²) in [6.07, 6.45) is 4.84. The number of halogens is 1. The first-order chi connectivity index (χ1) is 11.9. The monoisotopic (exact) mass is 344 g/mol. The third kappa shape index (κ3) is 4.22. The number of carbonyl (C=O) groups excluding carboxylic acids is 1. The predicted molar refractivity (Wildman–Crippen MR) is 92.4 cm³/mol. The first kappa shape index (κ1) is 18.6. The summed E-state index contributed by atoms with van der Waals surface area (Å²) in [4.78, 5) is 15.0. The zero-order valence-electron chi connectivity index (χ0n) is 14.3. The first-order valence-electron chi connectivity index (χ1n) is 7.92. The summed E-state index contributed by atoms with van der Waals surface area (Å²) < 4.78 is 19.4. The van der Waals surface area contributed by atoms with E-state index in [1.165, 1.54) is 5.48 Å². The average Bonchev–Trinajstić information content (AvgIpc) is 2.63. The number of ether oxygens (including phenoxy) is 1. The summed E-state index contributed by atoms with van der Waals surface area (Å²) in [5.41, 5.74) is 2.45. The Morgan fingerprint density at radius 3 is 2.64 bits per heavy atom. The lowest BCUT2D eigenvalue weighted by atomic mass is 9.77. The van der Waals surface area contributed by atoms with Crippen LogP contribution >= 0.6 is 0 Å². The van der Waals surface area contributed by atoms with Crippen LogP contribution in [0, 0.1) is 5.82 Å². The van der Waals surface area contributed by atoms with Crippen molar-refractivity contribution < 1.29 is 19.1 Å². The topological polar surface area (TPSA) is 71.5 Å². The van der Waals surface area contributed by atoms with Gasteiger partial charge in [-0.1, -0.05) is 32.1 Å². The van der Waals surface area contributed by atoms with E-state index in [2.05, 4.69) is 25.4 Å². The average molecular weight is 344 g/mol. The molecule has 0 saturated heterocycles. The molecular formula is C19H21FN2O3. The minimum atomic E-state index is -0.844. The Kier molecular flexibility index (Phi) is 5.88. The maximum Gasteiger partial charge on any atom is 0.276 e. The van der Waals surface area contributed by atoms with E-state index in [1.54, 1.807) is 12.1 Å². The largest absolute Gasteiger partial charge is 0.436 e. The number of benzene rings is 1. The lowest BCUT2D eigenvalue weighted by Gasteiger charge is -2.27. The Balaban J connectivity index is 2.19. The van der Waals surface area contributed by atoms with Crippen molar-refractivity contribution in [2.24, 2.45) is 0 Å². The molecule has 5 nitrogen and oxygen atoms in total. The van der Waals surface area contributed by atoms with Crippen LogP contribution in [0.25, 0.3) is 0 Å². The van der Waals surface area contributed by atoms with Crippen molar-refractivity contribution in [2.75, 3.05) is 0 Å². The molecule has 1 aromatic carbocycles. The van der Waals surface area contributed by atoms with Crippen LogP contribution in [0.5, 0.6) is 11.6 Å². The number of nitrogens with one attached hydrogen (secondary N) is 1. The zero-order valence-corrected chi connectivity index (χ0v) is 14.3. The minimum Gasteiger partial charge on any atom is -0.436 e. The Labute approximate surface area is 146 Å². The summed E-state index contributed by atoms with van der Waals surface area (Å²) in [5.74, 6) is -1.45. The second-order valence-corrected chi connectivity index (χ2v) is 5.99. The van der Waals surface area contributed by atoms with Gasteiger partial charge in [0.1, 0.15) is 5.75 Å². The normalized spacial score (nSPS) is 13.0. The van der Waals surface area contributed by atoms with Crippen LogP contribution in [-0.4, -0.2) is 16.1 Å². The van der Waals surface area contributed by atoms with Gasteiger partial charge in [-0.25, -0.2) is 14.9 Å². The van der Waals surface area contributed by atoms with Crippen LogP contribution in [-0.2, 0) is 5.41 Å². The molecule has 0 aliphatic carbocycles. The molecule has 0 fully saturated rings. The molecule has 2 N–H and O–H groups in total. The van der Waals surface area contributed by atoms with Crippen molar-refractivity contribution in [3.63, 3.8) is 0 Å². The van der Waals surface area contributed by atoms with Gasteiger partial charge >= 0.3 is 0 Å². The van der Waals surface area contributed by atoms with E-state index in [4.69, 9.17) is 9.94 Å². The predicted octanol–water partition coefficient (Wildman–Crippen LogP) is 4.38. The van der Waals surface area contributed by atoms with Crippen molar-refractivity contribution in [3.05, 3.63) is 66.1 Å². The Morgan fingerprint density at radius 2 is 2.12 bits per heavy atom. The molecule has 1 amide bonds. The molecule has 0 radical (unpaired) electrons. The number of hydrogen-bond donors (Lipinski definition) is 2. The molecular weight excluding hydrogens is 323 g/mol. The van der Waals surface area contributed by atoms with Crippen LogP contribution in [0.4, 0.5) is 4.39 Å². The number of hydroxylamine groups is 1. The third-order valence-electron chi connectivity index (χ3n) is 4.31. The van der Waals surface area contributed by atoms with Gasteiger partial charge in [0.05, 0.1) is 5.56 Å². The molecule has 1 unspecified atom stereocenters. The summed E-state index contributed by atoms with van der Waals surface area (Å²) >= 11 is 0. The van der Waals surface area contributed by atoms with Gasteiger partial charge in [0.15, 0.2) is 5.82 Å². The van der Waals surface area contributed by atoms with Crippen molar-refractivity contribution >= 4 is 5.91 Å². The lowest BCUT2D eigenvalue weighted by Crippen LogP contribution is -2.19. The number of hydrogen-bond acceptors (Lipinski definition) is 4. The molecule has 1 heterocycles. The maximum absolute atomic E-state index is 14.0. The quantitative estimate of drug-likeness (QED) is 0.444. The summed E-state index contributed by atoms with van der Waals surface area (Å²) in [6.45, 7) is 8.09. The van der Waals surface area contributed by atoms with E-state index in [9.17, 15) is 9.18 Å². The van der Waals surface area contributed by atoms with E-state index in [0.717, 1.165) is 30.7 Å².